The van der Waals surface area contributed by atoms with Crippen LogP contribution in [0.5, 0.6) is 11.6 Å². The molecule has 0 spiro atoms. The normalized spacial score (nSPS) is 10.5. The third-order valence-electron chi connectivity index (χ3n) is 3.46. The van der Waals surface area contributed by atoms with Crippen molar-refractivity contribution in [3.8, 4) is 28.6 Å². The second-order valence-corrected chi connectivity index (χ2v) is 4.88. The summed E-state index contributed by atoms with van der Waals surface area (Å²) in [4.78, 5) is 0. The Morgan fingerprint density at radius 1 is 0.909 bits per heavy atom. The van der Waals surface area contributed by atoms with Crippen LogP contribution in [-0.2, 0) is 0 Å². The van der Waals surface area contributed by atoms with Gasteiger partial charge in [-0.1, -0.05) is 24.3 Å². The van der Waals surface area contributed by atoms with Crippen LogP contribution in [-0.4, -0.2) is 24.0 Å². The number of benzene rings is 2. The van der Waals surface area contributed by atoms with Crippen LogP contribution in [0.25, 0.3) is 16.9 Å². The molecule has 1 aromatic heterocycles. The number of hydrogen-bond acceptors (Lipinski definition) is 3. The van der Waals surface area contributed by atoms with Gasteiger partial charge in [0.05, 0.1) is 25.6 Å². The number of nitrogens with zero attached hydrogens (tertiary/aromatic N) is 2. The molecule has 3 rings (SSSR count). The second-order valence-electron chi connectivity index (χ2n) is 4.88. The predicted octanol–water partition coefficient (Wildman–Crippen LogP) is 3.74. The summed E-state index contributed by atoms with van der Waals surface area (Å²) in [6.45, 7) is 3.92. The summed E-state index contributed by atoms with van der Waals surface area (Å²) in [6.07, 6.45) is 0. The van der Waals surface area contributed by atoms with Gasteiger partial charge in [0, 0.05) is 11.6 Å². The van der Waals surface area contributed by atoms with Gasteiger partial charge in [-0.25, -0.2) is 4.68 Å². The molecular formula is C18H17N2O2. The molecule has 4 nitrogen and oxygen atoms in total. The average molecular weight is 293 g/mol. The Hall–Kier alpha value is -2.75. The van der Waals surface area contributed by atoms with E-state index < -0.39 is 0 Å². The molecule has 0 aliphatic heterocycles. The third kappa shape index (κ3) is 2.68. The molecule has 3 aromatic rings. The van der Waals surface area contributed by atoms with E-state index in [1.165, 1.54) is 0 Å². The first-order valence-corrected chi connectivity index (χ1v) is 6.92. The zero-order valence-corrected chi connectivity index (χ0v) is 12.6. The minimum absolute atomic E-state index is 0.574. The first-order chi connectivity index (χ1) is 10.7. The molecule has 0 fully saturated rings. The molecule has 0 amide bonds. The number of aromatic nitrogens is 2. The van der Waals surface area contributed by atoms with Gasteiger partial charge in [-0.15, -0.1) is 5.10 Å². The first-order valence-electron chi connectivity index (χ1n) is 6.92. The highest BCUT2D eigenvalue weighted by Gasteiger charge is 2.12. The van der Waals surface area contributed by atoms with Gasteiger partial charge in [0.15, 0.2) is 0 Å². The molecule has 0 atom stereocenters. The maximum Gasteiger partial charge on any atom is 0.233 e. The third-order valence-corrected chi connectivity index (χ3v) is 3.46. The van der Waals surface area contributed by atoms with Crippen molar-refractivity contribution in [1.29, 1.82) is 0 Å². The molecule has 111 valence electrons. The highest BCUT2D eigenvalue weighted by molar-refractivity contribution is 5.64. The van der Waals surface area contributed by atoms with E-state index in [4.69, 9.17) is 9.47 Å². The van der Waals surface area contributed by atoms with Crippen molar-refractivity contribution in [2.45, 2.75) is 0 Å². The molecule has 0 saturated heterocycles. The van der Waals surface area contributed by atoms with Crippen LogP contribution in [0.2, 0.25) is 0 Å². The van der Waals surface area contributed by atoms with E-state index in [9.17, 15) is 0 Å². The van der Waals surface area contributed by atoms with E-state index in [2.05, 4.69) is 12.0 Å². The van der Waals surface area contributed by atoms with Crippen molar-refractivity contribution >= 4 is 0 Å². The van der Waals surface area contributed by atoms with E-state index in [1.807, 2.05) is 59.3 Å². The van der Waals surface area contributed by atoms with E-state index in [-0.39, 0.29) is 0 Å². The van der Waals surface area contributed by atoms with Gasteiger partial charge in [0.25, 0.3) is 0 Å². The maximum atomic E-state index is 5.28. The summed E-state index contributed by atoms with van der Waals surface area (Å²) in [5.41, 5.74) is 3.94. The smallest absolute Gasteiger partial charge is 0.233 e. The quantitative estimate of drug-likeness (QED) is 0.735. The van der Waals surface area contributed by atoms with Crippen LogP contribution in [0.4, 0.5) is 0 Å². The highest BCUT2D eigenvalue weighted by atomic mass is 16.5. The van der Waals surface area contributed by atoms with Crippen molar-refractivity contribution < 1.29 is 9.47 Å². The highest BCUT2D eigenvalue weighted by Crippen LogP contribution is 2.27. The van der Waals surface area contributed by atoms with Crippen LogP contribution >= 0.6 is 0 Å². The topological polar surface area (TPSA) is 36.3 Å². The Labute approximate surface area is 129 Å². The molecule has 0 bridgehead atoms. The predicted molar refractivity (Wildman–Crippen MR) is 86.6 cm³/mol. The van der Waals surface area contributed by atoms with Crippen molar-refractivity contribution in [3.63, 3.8) is 0 Å². The summed E-state index contributed by atoms with van der Waals surface area (Å²) in [5.74, 6) is 1.38. The molecule has 2 aromatic carbocycles. The van der Waals surface area contributed by atoms with Crippen molar-refractivity contribution in [1.82, 2.24) is 9.78 Å². The first kappa shape index (κ1) is 14.2. The van der Waals surface area contributed by atoms with Crippen LogP contribution < -0.4 is 9.47 Å². The lowest BCUT2D eigenvalue weighted by atomic mass is 10.1. The standard InChI is InChI=1S/C18H17N2O2/c1-13-4-6-14(7-5-13)17-12-18(22-3)19-20(17)15-8-10-16(21-2)11-9-15/h4-12H,1H2,2-3H3. The van der Waals surface area contributed by atoms with Gasteiger partial charge in [0.1, 0.15) is 5.75 Å². The van der Waals surface area contributed by atoms with Gasteiger partial charge in [-0.05, 0) is 36.8 Å². The molecule has 1 radical (unpaired) electrons. The minimum Gasteiger partial charge on any atom is -0.497 e. The molecule has 1 heterocycles. The van der Waals surface area contributed by atoms with Crippen LogP contribution in [0.15, 0.2) is 54.6 Å². The zero-order valence-electron chi connectivity index (χ0n) is 12.6. The van der Waals surface area contributed by atoms with E-state index in [1.54, 1.807) is 14.2 Å². The number of ether oxygens (including phenoxy) is 2. The summed E-state index contributed by atoms with van der Waals surface area (Å²) in [7, 11) is 3.27. The molecule has 22 heavy (non-hydrogen) atoms. The fraction of sp³-hybridized carbons (Fsp3) is 0.111. The summed E-state index contributed by atoms with van der Waals surface area (Å²) in [6, 6.07) is 17.7. The van der Waals surface area contributed by atoms with Crippen LogP contribution in [0, 0.1) is 6.92 Å². The van der Waals surface area contributed by atoms with Crippen LogP contribution in [0.3, 0.4) is 0 Å². The number of rotatable bonds is 4. The average Bonchev–Trinajstić information content (AvgIpc) is 3.00. The molecule has 0 saturated carbocycles. The SMILES string of the molecule is [CH2]c1ccc(-c2cc(OC)nn2-c2ccc(OC)cc2)cc1. The lowest BCUT2D eigenvalue weighted by Gasteiger charge is -2.08. The summed E-state index contributed by atoms with van der Waals surface area (Å²) < 4.78 is 12.3. The lowest BCUT2D eigenvalue weighted by molar-refractivity contribution is 0.394. The largest absolute Gasteiger partial charge is 0.497 e. The van der Waals surface area contributed by atoms with E-state index >= 15 is 0 Å². The molecule has 0 unspecified atom stereocenters. The van der Waals surface area contributed by atoms with E-state index in [0.717, 1.165) is 28.3 Å². The second kappa shape index (κ2) is 5.93. The molecule has 4 heteroatoms. The van der Waals surface area contributed by atoms with Gasteiger partial charge in [0.2, 0.25) is 5.88 Å². The van der Waals surface area contributed by atoms with Gasteiger partial charge in [-0.2, -0.15) is 0 Å². The fourth-order valence-corrected chi connectivity index (χ4v) is 2.26. The minimum atomic E-state index is 0.574. The lowest BCUT2D eigenvalue weighted by Crippen LogP contribution is -1.99. The van der Waals surface area contributed by atoms with Crippen molar-refractivity contribution in [3.05, 3.63) is 67.1 Å². The Balaban J connectivity index is 2.09. The molecule has 0 aliphatic carbocycles. The molecule has 0 N–H and O–H groups in total. The Kier molecular flexibility index (Phi) is 3.83. The summed E-state index contributed by atoms with van der Waals surface area (Å²) >= 11 is 0. The fourth-order valence-electron chi connectivity index (χ4n) is 2.26. The Morgan fingerprint density at radius 2 is 1.59 bits per heavy atom. The monoisotopic (exact) mass is 293 g/mol. The van der Waals surface area contributed by atoms with E-state index in [0.29, 0.717) is 5.88 Å². The Morgan fingerprint density at radius 3 is 2.18 bits per heavy atom. The molecular weight excluding hydrogens is 276 g/mol. The van der Waals surface area contributed by atoms with Gasteiger partial charge in [-0.3, -0.25) is 0 Å². The van der Waals surface area contributed by atoms with Crippen LogP contribution in [0.1, 0.15) is 5.56 Å². The van der Waals surface area contributed by atoms with Crippen molar-refractivity contribution in [2.24, 2.45) is 0 Å². The maximum absolute atomic E-state index is 5.28. The molecule has 0 aliphatic rings. The number of methoxy groups -OCH3 is 2. The summed E-state index contributed by atoms with van der Waals surface area (Å²) in [5, 5.41) is 4.49. The van der Waals surface area contributed by atoms with Crippen molar-refractivity contribution in [2.75, 3.05) is 14.2 Å². The number of hydrogen-bond donors (Lipinski definition) is 0. The zero-order chi connectivity index (χ0) is 15.5. The van der Waals surface area contributed by atoms with Gasteiger partial charge < -0.3 is 9.47 Å². The van der Waals surface area contributed by atoms with Gasteiger partial charge >= 0.3 is 0 Å². The Bertz CT molecular complexity index is 759.